The lowest BCUT2D eigenvalue weighted by Gasteiger charge is -2.32. The molecule has 2 N–H and O–H groups in total. The van der Waals surface area contributed by atoms with E-state index in [4.69, 9.17) is 5.73 Å². The molecule has 2 aromatic carbocycles. The highest BCUT2D eigenvalue weighted by Crippen LogP contribution is 2.38. The fourth-order valence-electron chi connectivity index (χ4n) is 3.14. The van der Waals surface area contributed by atoms with E-state index in [1.54, 1.807) is 24.6 Å². The normalized spacial score (nSPS) is 19.9. The van der Waals surface area contributed by atoms with Crippen LogP contribution < -0.4 is 5.73 Å². The zero-order valence-electron chi connectivity index (χ0n) is 15.2. The number of nitrogens with two attached hydrogens (primary N) is 1. The fraction of sp³-hybridized carbons (Fsp3) is 0.190. The van der Waals surface area contributed by atoms with Crippen LogP contribution in [-0.4, -0.2) is 28.8 Å². The zero-order chi connectivity index (χ0) is 19.0. The number of benzene rings is 2. The van der Waals surface area contributed by atoms with Crippen LogP contribution in [0.3, 0.4) is 0 Å². The summed E-state index contributed by atoms with van der Waals surface area (Å²) < 4.78 is 0. The summed E-state index contributed by atoms with van der Waals surface area (Å²) in [4.78, 5) is 23.6. The van der Waals surface area contributed by atoms with E-state index in [-0.39, 0.29) is 11.9 Å². The molecule has 1 aromatic heterocycles. The van der Waals surface area contributed by atoms with Crippen molar-refractivity contribution in [1.29, 1.82) is 0 Å². The molecule has 0 aliphatic carbocycles. The molecular weight excluding hydrogens is 356 g/mol. The number of hydrogen-bond acceptors (Lipinski definition) is 5. The van der Waals surface area contributed by atoms with Crippen LogP contribution in [0.4, 0.5) is 0 Å². The molecule has 0 bridgehead atoms. The first kappa shape index (κ1) is 17.4. The van der Waals surface area contributed by atoms with Crippen LogP contribution in [0.15, 0.2) is 65.8 Å². The average Bonchev–Trinajstić information content (AvgIpc) is 3.18. The summed E-state index contributed by atoms with van der Waals surface area (Å²) >= 11 is 1.55. The Labute approximate surface area is 162 Å². The third-order valence-electron chi connectivity index (χ3n) is 4.85. The Balaban J connectivity index is 1.62. The molecule has 0 saturated carbocycles. The van der Waals surface area contributed by atoms with E-state index in [1.807, 2.05) is 25.1 Å². The second kappa shape index (κ2) is 6.63. The number of thiazole rings is 1. The molecule has 6 heteroatoms. The molecule has 0 saturated heterocycles. The Morgan fingerprint density at radius 3 is 2.33 bits per heavy atom. The number of nitrogens with zero attached hydrogens (tertiary/aromatic N) is 3. The maximum atomic E-state index is 12.2. The van der Waals surface area contributed by atoms with E-state index in [0.29, 0.717) is 6.42 Å². The second-order valence-corrected chi connectivity index (χ2v) is 7.88. The SMILES string of the molecule is CN1C(=O)C[C@@](C)(c2cnc(-c3ccc(-c4ccccc4)cc3)s2)N=C1N. The lowest BCUT2D eigenvalue weighted by molar-refractivity contribution is -0.128. The van der Waals surface area contributed by atoms with Gasteiger partial charge in [-0.15, -0.1) is 11.3 Å². The van der Waals surface area contributed by atoms with Gasteiger partial charge in [0.2, 0.25) is 5.91 Å². The number of amides is 1. The van der Waals surface area contributed by atoms with Crippen molar-refractivity contribution in [3.63, 3.8) is 0 Å². The van der Waals surface area contributed by atoms with Gasteiger partial charge >= 0.3 is 0 Å². The van der Waals surface area contributed by atoms with Gasteiger partial charge in [-0.1, -0.05) is 54.6 Å². The minimum atomic E-state index is -0.659. The van der Waals surface area contributed by atoms with Gasteiger partial charge in [-0.3, -0.25) is 9.69 Å². The van der Waals surface area contributed by atoms with Gasteiger partial charge in [0.1, 0.15) is 10.5 Å². The van der Waals surface area contributed by atoms with Crippen molar-refractivity contribution in [2.45, 2.75) is 18.9 Å². The molecular formula is C21H20N4OS. The predicted molar refractivity (Wildman–Crippen MR) is 109 cm³/mol. The van der Waals surface area contributed by atoms with Crippen LogP contribution >= 0.6 is 11.3 Å². The topological polar surface area (TPSA) is 71.6 Å². The Kier molecular flexibility index (Phi) is 4.28. The minimum absolute atomic E-state index is 0.0350. The number of carbonyl (C=O) groups is 1. The standard InChI is InChI=1S/C21H20N4OS/c1-21(12-18(26)25(2)20(22)24-21)17-13-23-19(27-17)16-10-8-15(9-11-16)14-6-4-3-5-7-14/h3-11,13H,12H2,1-2H3,(H2,22,24)/t21-/m0/s1. The van der Waals surface area contributed by atoms with Crippen molar-refractivity contribution < 1.29 is 4.79 Å². The van der Waals surface area contributed by atoms with E-state index < -0.39 is 5.54 Å². The lowest BCUT2D eigenvalue weighted by atomic mass is 9.95. The molecule has 1 amide bonds. The molecule has 0 fully saturated rings. The van der Waals surface area contributed by atoms with Gasteiger partial charge in [0.05, 0.1) is 11.3 Å². The quantitative estimate of drug-likeness (QED) is 0.754. The largest absolute Gasteiger partial charge is 0.369 e. The summed E-state index contributed by atoms with van der Waals surface area (Å²) in [6.45, 7) is 1.93. The molecule has 1 aliphatic heterocycles. The third-order valence-corrected chi connectivity index (χ3v) is 6.15. The number of carbonyl (C=O) groups excluding carboxylic acids is 1. The predicted octanol–water partition coefficient (Wildman–Crippen LogP) is 3.87. The van der Waals surface area contributed by atoms with Gasteiger partial charge in [-0.2, -0.15) is 0 Å². The summed E-state index contributed by atoms with van der Waals surface area (Å²) in [5, 5.41) is 0.908. The Morgan fingerprint density at radius 1 is 1.04 bits per heavy atom. The van der Waals surface area contributed by atoms with Crippen LogP contribution in [0.1, 0.15) is 18.2 Å². The highest BCUT2D eigenvalue weighted by molar-refractivity contribution is 7.15. The smallest absolute Gasteiger partial charge is 0.231 e. The van der Waals surface area contributed by atoms with Crippen molar-refractivity contribution in [1.82, 2.24) is 9.88 Å². The Morgan fingerprint density at radius 2 is 1.67 bits per heavy atom. The molecule has 5 nitrogen and oxygen atoms in total. The van der Waals surface area contributed by atoms with Crippen molar-refractivity contribution in [2.24, 2.45) is 10.7 Å². The van der Waals surface area contributed by atoms with Gasteiger partial charge in [0, 0.05) is 18.8 Å². The molecule has 1 aliphatic rings. The van der Waals surface area contributed by atoms with Crippen LogP contribution in [0.25, 0.3) is 21.7 Å². The van der Waals surface area contributed by atoms with Gasteiger partial charge in [0.15, 0.2) is 5.96 Å². The van der Waals surface area contributed by atoms with Crippen molar-refractivity contribution in [3.05, 3.63) is 65.7 Å². The maximum absolute atomic E-state index is 12.2. The number of rotatable bonds is 3. The number of aromatic nitrogens is 1. The van der Waals surface area contributed by atoms with Crippen molar-refractivity contribution in [2.75, 3.05) is 7.05 Å². The Hall–Kier alpha value is -2.99. The van der Waals surface area contributed by atoms with E-state index in [2.05, 4.69) is 46.4 Å². The van der Waals surface area contributed by atoms with Gasteiger partial charge in [-0.25, -0.2) is 9.98 Å². The highest BCUT2D eigenvalue weighted by Gasteiger charge is 2.37. The summed E-state index contributed by atoms with van der Waals surface area (Å²) in [6.07, 6.45) is 2.10. The summed E-state index contributed by atoms with van der Waals surface area (Å²) in [5.74, 6) is 0.211. The molecule has 0 spiro atoms. The molecule has 2 heterocycles. The molecule has 0 unspecified atom stereocenters. The minimum Gasteiger partial charge on any atom is -0.369 e. The number of guanidine groups is 1. The zero-order valence-corrected chi connectivity index (χ0v) is 16.0. The fourth-order valence-corrected chi connectivity index (χ4v) is 4.15. The summed E-state index contributed by atoms with van der Waals surface area (Å²) in [5.41, 5.74) is 8.65. The molecule has 4 rings (SSSR count). The van der Waals surface area contributed by atoms with Crippen LogP contribution in [0, 0.1) is 0 Å². The summed E-state index contributed by atoms with van der Waals surface area (Å²) in [7, 11) is 1.65. The second-order valence-electron chi connectivity index (χ2n) is 6.85. The molecule has 0 radical (unpaired) electrons. The summed E-state index contributed by atoms with van der Waals surface area (Å²) in [6, 6.07) is 18.6. The first-order valence-electron chi connectivity index (χ1n) is 8.70. The third kappa shape index (κ3) is 3.24. The van der Waals surface area contributed by atoms with E-state index in [9.17, 15) is 4.79 Å². The first-order chi connectivity index (χ1) is 13.0. The first-order valence-corrected chi connectivity index (χ1v) is 9.52. The van der Waals surface area contributed by atoms with Crippen LogP contribution in [0.2, 0.25) is 0 Å². The monoisotopic (exact) mass is 376 g/mol. The Bertz CT molecular complexity index is 1010. The van der Waals surface area contributed by atoms with E-state index >= 15 is 0 Å². The van der Waals surface area contributed by atoms with Crippen molar-refractivity contribution in [3.8, 4) is 21.7 Å². The highest BCUT2D eigenvalue weighted by atomic mass is 32.1. The molecule has 27 heavy (non-hydrogen) atoms. The van der Waals surface area contributed by atoms with Crippen LogP contribution in [0.5, 0.6) is 0 Å². The number of aliphatic imine (C=N–C) groups is 1. The van der Waals surface area contributed by atoms with E-state index in [0.717, 1.165) is 15.4 Å². The van der Waals surface area contributed by atoms with Gasteiger partial charge < -0.3 is 5.73 Å². The number of hydrogen-bond donors (Lipinski definition) is 1. The van der Waals surface area contributed by atoms with Gasteiger partial charge in [0.25, 0.3) is 0 Å². The molecule has 136 valence electrons. The molecule has 1 atom stereocenters. The lowest BCUT2D eigenvalue weighted by Crippen LogP contribution is -2.47. The maximum Gasteiger partial charge on any atom is 0.231 e. The van der Waals surface area contributed by atoms with Gasteiger partial charge in [-0.05, 0) is 18.1 Å². The molecule has 3 aromatic rings. The average molecular weight is 376 g/mol. The van der Waals surface area contributed by atoms with Crippen LogP contribution in [-0.2, 0) is 10.3 Å². The van der Waals surface area contributed by atoms with E-state index in [1.165, 1.54) is 16.0 Å². The van der Waals surface area contributed by atoms with Crippen molar-refractivity contribution >= 4 is 23.2 Å².